The van der Waals surface area contributed by atoms with E-state index >= 15 is 0 Å². The topological polar surface area (TPSA) is 24.5 Å². The van der Waals surface area contributed by atoms with E-state index in [0.717, 1.165) is 31.4 Å². The van der Waals surface area contributed by atoms with Crippen LogP contribution in [0.25, 0.3) is 0 Å². The van der Waals surface area contributed by atoms with Gasteiger partial charge in [0.1, 0.15) is 5.75 Å². The van der Waals surface area contributed by atoms with E-state index in [1.807, 2.05) is 0 Å². The molecule has 2 aliphatic heterocycles. The Hall–Kier alpha value is -1.06. The fourth-order valence-electron chi connectivity index (χ4n) is 3.52. The van der Waals surface area contributed by atoms with Gasteiger partial charge in [-0.05, 0) is 56.0 Å². The standard InChI is InChI=1S/C17H24N2O/c1-4-17-14(7-10-20-17)11-13(1)12-18-15-5-8-19(9-6-15)16-2-3-16/h1,4,11,15-16,18H,2-3,5-10,12H2. The number of fused-ring (bicyclic) bond motifs is 1. The van der Waals surface area contributed by atoms with Crippen LogP contribution in [0.3, 0.4) is 0 Å². The summed E-state index contributed by atoms with van der Waals surface area (Å²) in [4.78, 5) is 2.69. The molecule has 108 valence electrons. The zero-order valence-corrected chi connectivity index (χ0v) is 12.1. The number of rotatable bonds is 4. The minimum atomic E-state index is 0.703. The van der Waals surface area contributed by atoms with Crippen molar-refractivity contribution in [3.8, 4) is 5.75 Å². The third-order valence-electron chi connectivity index (χ3n) is 4.94. The molecule has 0 bridgehead atoms. The van der Waals surface area contributed by atoms with E-state index in [2.05, 4.69) is 28.4 Å². The van der Waals surface area contributed by atoms with Gasteiger partial charge < -0.3 is 15.0 Å². The maximum absolute atomic E-state index is 5.56. The second-order valence-corrected chi connectivity index (χ2v) is 6.46. The van der Waals surface area contributed by atoms with E-state index in [-0.39, 0.29) is 0 Å². The summed E-state index contributed by atoms with van der Waals surface area (Å²) in [7, 11) is 0. The molecule has 1 saturated carbocycles. The predicted molar refractivity (Wildman–Crippen MR) is 80.1 cm³/mol. The summed E-state index contributed by atoms with van der Waals surface area (Å²) in [6.07, 6.45) is 6.57. The van der Waals surface area contributed by atoms with Crippen LogP contribution in [0, 0.1) is 0 Å². The Labute approximate surface area is 121 Å². The van der Waals surface area contributed by atoms with Crippen molar-refractivity contribution < 1.29 is 4.74 Å². The lowest BCUT2D eigenvalue weighted by atomic mass is 10.0. The van der Waals surface area contributed by atoms with Gasteiger partial charge in [-0.2, -0.15) is 0 Å². The molecule has 1 aromatic carbocycles. The summed E-state index contributed by atoms with van der Waals surface area (Å²) in [5.41, 5.74) is 2.78. The average molecular weight is 272 g/mol. The Balaban J connectivity index is 1.28. The highest BCUT2D eigenvalue weighted by atomic mass is 16.5. The van der Waals surface area contributed by atoms with Gasteiger partial charge in [0.2, 0.25) is 0 Å². The van der Waals surface area contributed by atoms with E-state index in [9.17, 15) is 0 Å². The molecular formula is C17H24N2O. The Kier molecular flexibility index (Phi) is 3.41. The van der Waals surface area contributed by atoms with Gasteiger partial charge in [0.05, 0.1) is 6.61 Å². The lowest BCUT2D eigenvalue weighted by molar-refractivity contribution is 0.189. The molecule has 1 saturated heterocycles. The van der Waals surface area contributed by atoms with Crippen LogP contribution >= 0.6 is 0 Å². The van der Waals surface area contributed by atoms with Crippen molar-refractivity contribution in [1.29, 1.82) is 0 Å². The Bertz CT molecular complexity index is 476. The van der Waals surface area contributed by atoms with Crippen LogP contribution in [-0.2, 0) is 13.0 Å². The van der Waals surface area contributed by atoms with E-state index < -0.39 is 0 Å². The van der Waals surface area contributed by atoms with Crippen LogP contribution < -0.4 is 10.1 Å². The van der Waals surface area contributed by atoms with Gasteiger partial charge in [-0.15, -0.1) is 0 Å². The van der Waals surface area contributed by atoms with Crippen LogP contribution in [0.5, 0.6) is 5.75 Å². The van der Waals surface area contributed by atoms with E-state index in [1.165, 1.54) is 49.9 Å². The number of benzene rings is 1. The third-order valence-corrected chi connectivity index (χ3v) is 4.94. The maximum Gasteiger partial charge on any atom is 0.122 e. The van der Waals surface area contributed by atoms with Gasteiger partial charge in [-0.1, -0.05) is 12.1 Å². The summed E-state index contributed by atoms with van der Waals surface area (Å²) in [5, 5.41) is 3.74. The van der Waals surface area contributed by atoms with Crippen molar-refractivity contribution >= 4 is 0 Å². The molecule has 1 aromatic rings. The van der Waals surface area contributed by atoms with Gasteiger partial charge in [-0.3, -0.25) is 0 Å². The molecule has 0 aromatic heterocycles. The van der Waals surface area contributed by atoms with Crippen molar-refractivity contribution in [2.75, 3.05) is 19.7 Å². The van der Waals surface area contributed by atoms with Gasteiger partial charge in [-0.25, -0.2) is 0 Å². The van der Waals surface area contributed by atoms with Gasteiger partial charge in [0.25, 0.3) is 0 Å². The molecule has 0 unspecified atom stereocenters. The summed E-state index contributed by atoms with van der Waals surface area (Å²) in [5.74, 6) is 1.09. The molecule has 0 amide bonds. The quantitative estimate of drug-likeness (QED) is 0.910. The van der Waals surface area contributed by atoms with Crippen LogP contribution in [-0.4, -0.2) is 36.7 Å². The van der Waals surface area contributed by atoms with Crippen molar-refractivity contribution in [2.24, 2.45) is 0 Å². The fourth-order valence-corrected chi connectivity index (χ4v) is 3.52. The van der Waals surface area contributed by atoms with Crippen molar-refractivity contribution in [3.63, 3.8) is 0 Å². The largest absolute Gasteiger partial charge is 0.493 e. The summed E-state index contributed by atoms with van der Waals surface area (Å²) < 4.78 is 5.56. The number of nitrogens with zero attached hydrogens (tertiary/aromatic N) is 1. The first-order valence-electron chi connectivity index (χ1n) is 8.10. The molecular weight excluding hydrogens is 248 g/mol. The predicted octanol–water partition coefficient (Wildman–Crippen LogP) is 2.34. The molecule has 0 atom stereocenters. The molecule has 0 radical (unpaired) electrons. The minimum Gasteiger partial charge on any atom is -0.493 e. The number of hydrogen-bond acceptors (Lipinski definition) is 3. The molecule has 2 fully saturated rings. The van der Waals surface area contributed by atoms with Crippen LogP contribution in [0.4, 0.5) is 0 Å². The Morgan fingerprint density at radius 2 is 2.00 bits per heavy atom. The molecule has 20 heavy (non-hydrogen) atoms. The molecule has 3 heteroatoms. The highest BCUT2D eigenvalue weighted by molar-refractivity contribution is 5.39. The first kappa shape index (κ1) is 12.7. The Morgan fingerprint density at radius 3 is 2.80 bits per heavy atom. The van der Waals surface area contributed by atoms with E-state index in [1.54, 1.807) is 0 Å². The fraction of sp³-hybridized carbons (Fsp3) is 0.647. The van der Waals surface area contributed by atoms with Gasteiger partial charge >= 0.3 is 0 Å². The molecule has 1 aliphatic carbocycles. The minimum absolute atomic E-state index is 0.703. The number of nitrogens with one attached hydrogen (secondary N) is 1. The third kappa shape index (κ3) is 2.70. The lowest BCUT2D eigenvalue weighted by Crippen LogP contribution is -2.43. The van der Waals surface area contributed by atoms with Crippen LogP contribution in [0.2, 0.25) is 0 Å². The zero-order chi connectivity index (χ0) is 13.4. The Morgan fingerprint density at radius 1 is 1.15 bits per heavy atom. The van der Waals surface area contributed by atoms with Gasteiger partial charge in [0, 0.05) is 25.0 Å². The van der Waals surface area contributed by atoms with E-state index in [4.69, 9.17) is 4.74 Å². The van der Waals surface area contributed by atoms with Crippen LogP contribution in [0.15, 0.2) is 18.2 Å². The molecule has 3 nitrogen and oxygen atoms in total. The lowest BCUT2D eigenvalue weighted by Gasteiger charge is -2.32. The summed E-state index contributed by atoms with van der Waals surface area (Å²) in [6, 6.07) is 8.29. The molecule has 3 aliphatic rings. The first-order chi connectivity index (χ1) is 9.88. The smallest absolute Gasteiger partial charge is 0.122 e. The highest BCUT2D eigenvalue weighted by Crippen LogP contribution is 2.29. The highest BCUT2D eigenvalue weighted by Gasteiger charge is 2.31. The second-order valence-electron chi connectivity index (χ2n) is 6.46. The summed E-state index contributed by atoms with van der Waals surface area (Å²) >= 11 is 0. The zero-order valence-electron chi connectivity index (χ0n) is 12.1. The van der Waals surface area contributed by atoms with E-state index in [0.29, 0.717) is 6.04 Å². The monoisotopic (exact) mass is 272 g/mol. The molecule has 0 spiro atoms. The number of likely N-dealkylation sites (tertiary alicyclic amines) is 1. The van der Waals surface area contributed by atoms with Crippen molar-refractivity contribution in [3.05, 3.63) is 29.3 Å². The van der Waals surface area contributed by atoms with Crippen molar-refractivity contribution in [1.82, 2.24) is 10.2 Å². The van der Waals surface area contributed by atoms with Crippen molar-refractivity contribution in [2.45, 2.75) is 50.7 Å². The second kappa shape index (κ2) is 5.38. The van der Waals surface area contributed by atoms with Crippen LogP contribution in [0.1, 0.15) is 36.8 Å². The molecule has 1 N–H and O–H groups in total. The molecule has 4 rings (SSSR count). The number of ether oxygens (including phenoxy) is 1. The number of hydrogen-bond donors (Lipinski definition) is 1. The maximum atomic E-state index is 5.56. The van der Waals surface area contributed by atoms with Gasteiger partial charge in [0.15, 0.2) is 0 Å². The summed E-state index contributed by atoms with van der Waals surface area (Å²) in [6.45, 7) is 4.44. The number of piperidine rings is 1. The normalized spacial score (nSPS) is 23.6. The molecule has 2 heterocycles. The SMILES string of the molecule is c1cc2c(cc1CNC1CCN(C3CC3)CC1)CCO2. The average Bonchev–Trinajstić information content (AvgIpc) is 3.23. The first-order valence-corrected chi connectivity index (χ1v) is 8.10.